The molecular formula is C24H23N3O5. The van der Waals surface area contributed by atoms with Crippen LogP contribution in [0.4, 0.5) is 11.4 Å². The molecule has 2 N–H and O–H groups in total. The third kappa shape index (κ3) is 4.97. The van der Waals surface area contributed by atoms with Crippen molar-refractivity contribution in [2.75, 3.05) is 17.2 Å². The summed E-state index contributed by atoms with van der Waals surface area (Å²) in [5.74, 6) is 0.587. The number of carbonyl (C=O) groups excluding carboxylic acids is 2. The molecule has 0 aliphatic rings. The summed E-state index contributed by atoms with van der Waals surface area (Å²) in [6, 6.07) is 15.3. The minimum Gasteiger partial charge on any atom is -0.484 e. The lowest BCUT2D eigenvalue weighted by Gasteiger charge is -2.11. The molecule has 4 aromatic rings. The number of oxazole rings is 1. The zero-order valence-electron chi connectivity index (χ0n) is 18.0. The van der Waals surface area contributed by atoms with Crippen LogP contribution in [0.1, 0.15) is 37.2 Å². The van der Waals surface area contributed by atoms with E-state index in [-0.39, 0.29) is 29.6 Å². The number of hydrogen-bond donors (Lipinski definition) is 2. The van der Waals surface area contributed by atoms with Crippen molar-refractivity contribution in [1.82, 2.24) is 4.98 Å². The van der Waals surface area contributed by atoms with E-state index in [9.17, 15) is 9.59 Å². The Hall–Kier alpha value is -4.07. The molecular weight excluding hydrogens is 410 g/mol. The van der Waals surface area contributed by atoms with Gasteiger partial charge >= 0.3 is 0 Å². The lowest BCUT2D eigenvalue weighted by molar-refractivity contribution is -0.118. The van der Waals surface area contributed by atoms with Gasteiger partial charge in [0.05, 0.1) is 6.26 Å². The fourth-order valence-electron chi connectivity index (χ4n) is 2.94. The van der Waals surface area contributed by atoms with Gasteiger partial charge in [0.1, 0.15) is 11.3 Å². The lowest BCUT2D eigenvalue weighted by Crippen LogP contribution is -2.20. The molecule has 2 amide bonds. The lowest BCUT2D eigenvalue weighted by atomic mass is 9.97. The van der Waals surface area contributed by atoms with Crippen molar-refractivity contribution in [3.05, 3.63) is 72.5 Å². The Morgan fingerprint density at radius 3 is 2.56 bits per heavy atom. The summed E-state index contributed by atoms with van der Waals surface area (Å²) >= 11 is 0. The number of ether oxygens (including phenoxy) is 1. The van der Waals surface area contributed by atoms with E-state index in [0.717, 1.165) is 0 Å². The van der Waals surface area contributed by atoms with Crippen LogP contribution in [0, 0.1) is 0 Å². The summed E-state index contributed by atoms with van der Waals surface area (Å²) in [6.07, 6.45) is 1.43. The molecule has 0 unspecified atom stereocenters. The molecule has 0 bridgehead atoms. The van der Waals surface area contributed by atoms with E-state index in [0.29, 0.717) is 34.1 Å². The molecule has 2 aromatic heterocycles. The Morgan fingerprint density at radius 1 is 1.00 bits per heavy atom. The van der Waals surface area contributed by atoms with Gasteiger partial charge in [-0.05, 0) is 42.5 Å². The Labute approximate surface area is 184 Å². The summed E-state index contributed by atoms with van der Waals surface area (Å²) in [4.78, 5) is 28.9. The van der Waals surface area contributed by atoms with Crippen LogP contribution in [0.15, 0.2) is 69.7 Å². The minimum atomic E-state index is -0.372. The molecule has 0 saturated heterocycles. The number of rotatable bonds is 6. The van der Waals surface area contributed by atoms with Gasteiger partial charge in [-0.15, -0.1) is 0 Å². The van der Waals surface area contributed by atoms with Crippen molar-refractivity contribution in [3.8, 4) is 5.75 Å². The van der Waals surface area contributed by atoms with Crippen LogP contribution in [0.3, 0.4) is 0 Å². The maximum Gasteiger partial charge on any atom is 0.291 e. The molecule has 0 spiro atoms. The zero-order valence-corrected chi connectivity index (χ0v) is 18.0. The van der Waals surface area contributed by atoms with E-state index >= 15 is 0 Å². The second-order valence-electron chi connectivity index (χ2n) is 8.25. The minimum absolute atomic E-state index is 0.195. The van der Waals surface area contributed by atoms with E-state index in [1.165, 1.54) is 6.26 Å². The highest BCUT2D eigenvalue weighted by Gasteiger charge is 2.21. The Bertz CT molecular complexity index is 1250. The topological polar surface area (TPSA) is 107 Å². The summed E-state index contributed by atoms with van der Waals surface area (Å²) in [7, 11) is 0. The van der Waals surface area contributed by atoms with E-state index in [4.69, 9.17) is 13.6 Å². The first-order chi connectivity index (χ1) is 15.3. The van der Waals surface area contributed by atoms with Gasteiger partial charge in [-0.3, -0.25) is 9.59 Å². The monoisotopic (exact) mass is 433 g/mol. The molecule has 0 atom stereocenters. The molecule has 0 aliphatic heterocycles. The largest absolute Gasteiger partial charge is 0.484 e. The van der Waals surface area contributed by atoms with Crippen LogP contribution < -0.4 is 15.4 Å². The van der Waals surface area contributed by atoms with Crippen molar-refractivity contribution in [1.29, 1.82) is 0 Å². The van der Waals surface area contributed by atoms with Gasteiger partial charge in [-0.1, -0.05) is 26.8 Å². The number of carbonyl (C=O) groups is 2. The molecule has 8 nitrogen and oxygen atoms in total. The number of furan rings is 1. The van der Waals surface area contributed by atoms with Crippen molar-refractivity contribution in [2.24, 2.45) is 0 Å². The molecule has 2 heterocycles. The van der Waals surface area contributed by atoms with Crippen LogP contribution in [-0.4, -0.2) is 23.4 Å². The predicted octanol–water partition coefficient (Wildman–Crippen LogP) is 4.99. The van der Waals surface area contributed by atoms with Crippen molar-refractivity contribution in [3.63, 3.8) is 0 Å². The molecule has 0 fully saturated rings. The van der Waals surface area contributed by atoms with Gasteiger partial charge in [-0.2, -0.15) is 0 Å². The summed E-state index contributed by atoms with van der Waals surface area (Å²) in [5, 5.41) is 5.50. The Kier molecular flexibility index (Phi) is 5.68. The van der Waals surface area contributed by atoms with Crippen molar-refractivity contribution >= 4 is 34.3 Å². The molecule has 0 aliphatic carbocycles. The van der Waals surface area contributed by atoms with Crippen LogP contribution in [-0.2, 0) is 10.2 Å². The van der Waals surface area contributed by atoms with Crippen molar-refractivity contribution < 1.29 is 23.2 Å². The maximum absolute atomic E-state index is 12.3. The normalized spacial score (nSPS) is 11.3. The molecule has 164 valence electrons. The summed E-state index contributed by atoms with van der Waals surface area (Å²) in [6.45, 7) is 5.87. The Balaban J connectivity index is 1.35. The van der Waals surface area contributed by atoms with E-state index in [1.54, 1.807) is 54.6 Å². The molecule has 0 radical (unpaired) electrons. The number of nitrogens with zero attached hydrogens (tertiary/aromatic N) is 1. The number of aromatic nitrogens is 1. The van der Waals surface area contributed by atoms with Gasteiger partial charge in [0.25, 0.3) is 11.8 Å². The second kappa shape index (κ2) is 8.58. The van der Waals surface area contributed by atoms with E-state index < -0.39 is 0 Å². The zero-order chi connectivity index (χ0) is 22.7. The van der Waals surface area contributed by atoms with Crippen molar-refractivity contribution in [2.45, 2.75) is 26.2 Å². The fraction of sp³-hybridized carbons (Fsp3) is 0.208. The smallest absolute Gasteiger partial charge is 0.291 e. The van der Waals surface area contributed by atoms with Crippen LogP contribution in [0.25, 0.3) is 11.1 Å². The number of benzene rings is 2. The highest BCUT2D eigenvalue weighted by Crippen LogP contribution is 2.27. The van der Waals surface area contributed by atoms with E-state index in [2.05, 4.69) is 15.6 Å². The summed E-state index contributed by atoms with van der Waals surface area (Å²) < 4.78 is 16.4. The molecule has 32 heavy (non-hydrogen) atoms. The second-order valence-corrected chi connectivity index (χ2v) is 8.25. The van der Waals surface area contributed by atoms with Gasteiger partial charge in [0, 0.05) is 22.9 Å². The highest BCUT2D eigenvalue weighted by atomic mass is 16.5. The van der Waals surface area contributed by atoms with Crippen LogP contribution >= 0.6 is 0 Å². The SMILES string of the molecule is CC(C)(C)c1nc2cc(NC(=O)COc3cccc(NC(=O)c4ccco4)c3)ccc2o1. The van der Waals surface area contributed by atoms with Gasteiger partial charge in [0.2, 0.25) is 5.89 Å². The van der Waals surface area contributed by atoms with Gasteiger partial charge in [-0.25, -0.2) is 4.98 Å². The number of amides is 2. The third-order valence-electron chi connectivity index (χ3n) is 4.52. The quantitative estimate of drug-likeness (QED) is 0.444. The van der Waals surface area contributed by atoms with Gasteiger partial charge in [0.15, 0.2) is 18.0 Å². The number of fused-ring (bicyclic) bond motifs is 1. The number of hydrogen-bond acceptors (Lipinski definition) is 6. The third-order valence-corrected chi connectivity index (χ3v) is 4.52. The average molecular weight is 433 g/mol. The standard InChI is InChI=1S/C24H23N3O5/c1-24(2,3)23-27-18-13-16(9-10-19(18)32-23)25-21(28)14-31-17-7-4-6-15(12-17)26-22(29)20-8-5-11-30-20/h4-13H,14H2,1-3H3,(H,25,28)(H,26,29). The molecule has 0 saturated carbocycles. The first-order valence-electron chi connectivity index (χ1n) is 10.1. The first-order valence-corrected chi connectivity index (χ1v) is 10.1. The van der Waals surface area contributed by atoms with Crippen LogP contribution in [0.5, 0.6) is 5.75 Å². The predicted molar refractivity (Wildman–Crippen MR) is 120 cm³/mol. The molecule has 2 aromatic carbocycles. The average Bonchev–Trinajstić information content (AvgIpc) is 3.42. The van der Waals surface area contributed by atoms with Crippen LogP contribution in [0.2, 0.25) is 0 Å². The molecule has 4 rings (SSSR count). The Morgan fingerprint density at radius 2 is 1.81 bits per heavy atom. The first kappa shape index (κ1) is 21.2. The van der Waals surface area contributed by atoms with Gasteiger partial charge < -0.3 is 24.2 Å². The summed E-state index contributed by atoms with van der Waals surface area (Å²) in [5.41, 5.74) is 2.25. The molecule has 8 heteroatoms. The number of nitrogens with one attached hydrogen (secondary N) is 2. The maximum atomic E-state index is 12.3. The number of anilines is 2. The van der Waals surface area contributed by atoms with E-state index in [1.807, 2.05) is 20.8 Å². The highest BCUT2D eigenvalue weighted by molar-refractivity contribution is 6.02. The fourth-order valence-corrected chi connectivity index (χ4v) is 2.94.